The Morgan fingerprint density at radius 1 is 1.53 bits per heavy atom. The van der Waals surface area contributed by atoms with Crippen LogP contribution in [0.4, 0.5) is 0 Å². The molecule has 1 aromatic heterocycles. The van der Waals surface area contributed by atoms with E-state index >= 15 is 0 Å². The van der Waals surface area contributed by atoms with Crippen LogP contribution < -0.4 is 10.9 Å². The van der Waals surface area contributed by atoms with Gasteiger partial charge in [-0.2, -0.15) is 0 Å². The second-order valence-corrected chi connectivity index (χ2v) is 4.48. The summed E-state index contributed by atoms with van der Waals surface area (Å²) >= 11 is 0. The van der Waals surface area contributed by atoms with Crippen molar-refractivity contribution in [3.8, 4) is 0 Å². The van der Waals surface area contributed by atoms with E-state index in [1.165, 1.54) is 6.07 Å². The first kappa shape index (κ1) is 13.9. The van der Waals surface area contributed by atoms with Gasteiger partial charge in [0.1, 0.15) is 11.4 Å². The maximum atomic E-state index is 11.5. The zero-order valence-corrected chi connectivity index (χ0v) is 11.0. The van der Waals surface area contributed by atoms with Crippen LogP contribution in [0.25, 0.3) is 0 Å². The molecule has 0 saturated heterocycles. The van der Waals surface area contributed by atoms with E-state index in [4.69, 9.17) is 4.74 Å². The topological polar surface area (TPSA) is 67.0 Å². The molecular formula is C12H21N3O2. The average molecular weight is 239 g/mol. The van der Waals surface area contributed by atoms with Gasteiger partial charge in [0.25, 0.3) is 5.56 Å². The lowest BCUT2D eigenvalue weighted by Crippen LogP contribution is -2.28. The normalized spacial score (nSPS) is 11.8. The largest absolute Gasteiger partial charge is 0.371 e. The molecule has 5 nitrogen and oxygen atoms in total. The molecular weight excluding hydrogens is 218 g/mol. The minimum absolute atomic E-state index is 0.145. The Morgan fingerprint density at radius 3 is 2.82 bits per heavy atom. The van der Waals surface area contributed by atoms with E-state index in [0.717, 1.165) is 18.7 Å². The summed E-state index contributed by atoms with van der Waals surface area (Å²) in [5, 5.41) is 3.22. The standard InChI is InChI=1S/C12H21N3O2/c1-5-6-13-8-9-7-10(16)15-11(14-9)12(2,3)17-4/h7,13H,5-6,8H2,1-4H3,(H,14,15,16). The van der Waals surface area contributed by atoms with Gasteiger partial charge in [-0.3, -0.25) is 4.79 Å². The van der Waals surface area contributed by atoms with Crippen molar-refractivity contribution in [3.63, 3.8) is 0 Å². The van der Waals surface area contributed by atoms with Crippen molar-refractivity contribution in [2.45, 2.75) is 39.3 Å². The van der Waals surface area contributed by atoms with Crippen molar-refractivity contribution >= 4 is 0 Å². The Labute approximate surface area is 102 Å². The van der Waals surface area contributed by atoms with Crippen LogP contribution in [0.2, 0.25) is 0 Å². The lowest BCUT2D eigenvalue weighted by atomic mass is 10.1. The molecule has 0 aliphatic carbocycles. The molecule has 0 aromatic carbocycles. The minimum atomic E-state index is -0.583. The van der Waals surface area contributed by atoms with E-state index in [1.54, 1.807) is 7.11 Å². The SMILES string of the molecule is CCCNCc1cc(=O)[nH]c(C(C)(C)OC)n1. The quantitative estimate of drug-likeness (QED) is 0.731. The Bertz CT molecular complexity index is 412. The van der Waals surface area contributed by atoms with Crippen LogP contribution in [0.5, 0.6) is 0 Å². The van der Waals surface area contributed by atoms with Crippen molar-refractivity contribution in [1.82, 2.24) is 15.3 Å². The van der Waals surface area contributed by atoms with Gasteiger partial charge in [-0.25, -0.2) is 4.98 Å². The van der Waals surface area contributed by atoms with Crippen molar-refractivity contribution in [1.29, 1.82) is 0 Å². The number of hydrogen-bond donors (Lipinski definition) is 2. The van der Waals surface area contributed by atoms with E-state index in [2.05, 4.69) is 22.2 Å². The van der Waals surface area contributed by atoms with Gasteiger partial charge >= 0.3 is 0 Å². The highest BCUT2D eigenvalue weighted by Gasteiger charge is 2.22. The second-order valence-electron chi connectivity index (χ2n) is 4.48. The predicted molar refractivity (Wildman–Crippen MR) is 66.9 cm³/mol. The van der Waals surface area contributed by atoms with Gasteiger partial charge < -0.3 is 15.0 Å². The molecule has 2 N–H and O–H groups in total. The Morgan fingerprint density at radius 2 is 2.24 bits per heavy atom. The predicted octanol–water partition coefficient (Wildman–Crippen LogP) is 1.15. The first-order valence-electron chi connectivity index (χ1n) is 5.86. The third kappa shape index (κ3) is 3.94. The van der Waals surface area contributed by atoms with Gasteiger partial charge in [-0.05, 0) is 26.8 Å². The maximum absolute atomic E-state index is 11.5. The van der Waals surface area contributed by atoms with E-state index in [9.17, 15) is 4.79 Å². The molecule has 0 aliphatic rings. The number of aromatic nitrogens is 2. The average Bonchev–Trinajstić information content (AvgIpc) is 2.29. The molecule has 0 amide bonds. The van der Waals surface area contributed by atoms with Crippen LogP contribution in [0.15, 0.2) is 10.9 Å². The van der Waals surface area contributed by atoms with Gasteiger partial charge in [0, 0.05) is 19.7 Å². The third-order valence-corrected chi connectivity index (χ3v) is 2.61. The number of nitrogens with zero attached hydrogens (tertiary/aromatic N) is 1. The van der Waals surface area contributed by atoms with Crippen molar-refractivity contribution in [2.75, 3.05) is 13.7 Å². The number of ether oxygens (including phenoxy) is 1. The Kier molecular flexibility index (Phi) is 4.84. The highest BCUT2D eigenvalue weighted by atomic mass is 16.5. The molecule has 0 saturated carbocycles. The van der Waals surface area contributed by atoms with E-state index < -0.39 is 5.60 Å². The van der Waals surface area contributed by atoms with Crippen LogP contribution in [-0.4, -0.2) is 23.6 Å². The molecule has 1 aromatic rings. The number of methoxy groups -OCH3 is 1. The molecule has 96 valence electrons. The first-order valence-corrected chi connectivity index (χ1v) is 5.86. The van der Waals surface area contributed by atoms with Gasteiger partial charge in [0.2, 0.25) is 0 Å². The molecule has 0 spiro atoms. The Balaban J connectivity index is 2.91. The number of rotatable bonds is 6. The van der Waals surface area contributed by atoms with Gasteiger partial charge in [0.05, 0.1) is 5.69 Å². The summed E-state index contributed by atoms with van der Waals surface area (Å²) in [7, 11) is 1.60. The molecule has 0 unspecified atom stereocenters. The molecule has 0 radical (unpaired) electrons. The first-order chi connectivity index (χ1) is 7.99. The zero-order valence-electron chi connectivity index (χ0n) is 11.0. The van der Waals surface area contributed by atoms with Gasteiger partial charge in [0.15, 0.2) is 0 Å². The van der Waals surface area contributed by atoms with Crippen LogP contribution >= 0.6 is 0 Å². The summed E-state index contributed by atoms with van der Waals surface area (Å²) in [5.41, 5.74) is 0.00988. The van der Waals surface area contributed by atoms with Crippen LogP contribution in [0, 0.1) is 0 Å². The minimum Gasteiger partial charge on any atom is -0.371 e. The maximum Gasteiger partial charge on any atom is 0.251 e. The molecule has 0 aliphatic heterocycles. The summed E-state index contributed by atoms with van der Waals surface area (Å²) < 4.78 is 5.31. The van der Waals surface area contributed by atoms with Gasteiger partial charge in [-0.15, -0.1) is 0 Å². The molecule has 17 heavy (non-hydrogen) atoms. The number of aromatic amines is 1. The van der Waals surface area contributed by atoms with Crippen LogP contribution in [0.3, 0.4) is 0 Å². The number of H-pyrrole nitrogens is 1. The fraction of sp³-hybridized carbons (Fsp3) is 0.667. The van der Waals surface area contributed by atoms with E-state index in [-0.39, 0.29) is 5.56 Å². The molecule has 5 heteroatoms. The highest BCUT2D eigenvalue weighted by molar-refractivity contribution is 5.07. The highest BCUT2D eigenvalue weighted by Crippen LogP contribution is 2.18. The number of hydrogen-bond acceptors (Lipinski definition) is 4. The van der Waals surface area contributed by atoms with Crippen molar-refractivity contribution < 1.29 is 4.74 Å². The third-order valence-electron chi connectivity index (χ3n) is 2.61. The smallest absolute Gasteiger partial charge is 0.251 e. The molecule has 0 atom stereocenters. The fourth-order valence-corrected chi connectivity index (χ4v) is 1.37. The summed E-state index contributed by atoms with van der Waals surface area (Å²) in [5.74, 6) is 0.556. The molecule has 1 heterocycles. The van der Waals surface area contributed by atoms with E-state index in [1.807, 2.05) is 13.8 Å². The van der Waals surface area contributed by atoms with Crippen LogP contribution in [-0.2, 0) is 16.9 Å². The van der Waals surface area contributed by atoms with Gasteiger partial charge in [-0.1, -0.05) is 6.92 Å². The molecule has 0 fully saturated rings. The second kappa shape index (κ2) is 5.93. The summed E-state index contributed by atoms with van der Waals surface area (Å²) in [6, 6.07) is 1.51. The van der Waals surface area contributed by atoms with Crippen molar-refractivity contribution in [2.24, 2.45) is 0 Å². The summed E-state index contributed by atoms with van der Waals surface area (Å²) in [6.45, 7) is 7.35. The fourth-order valence-electron chi connectivity index (χ4n) is 1.37. The zero-order chi connectivity index (χ0) is 12.9. The van der Waals surface area contributed by atoms with E-state index in [0.29, 0.717) is 12.4 Å². The summed E-state index contributed by atoms with van der Waals surface area (Å²) in [4.78, 5) is 18.6. The van der Waals surface area contributed by atoms with Crippen LogP contribution in [0.1, 0.15) is 38.7 Å². The molecule has 1 rings (SSSR count). The monoisotopic (exact) mass is 239 g/mol. The molecule has 0 bridgehead atoms. The van der Waals surface area contributed by atoms with Crippen molar-refractivity contribution in [3.05, 3.63) is 27.9 Å². The lowest BCUT2D eigenvalue weighted by molar-refractivity contribution is 0.0110. The Hall–Kier alpha value is -1.20. The number of nitrogens with one attached hydrogen (secondary N) is 2. The lowest BCUT2D eigenvalue weighted by Gasteiger charge is -2.21. The summed E-state index contributed by atoms with van der Waals surface area (Å²) in [6.07, 6.45) is 1.06.